The first kappa shape index (κ1) is 17.8. The highest BCUT2D eigenvalue weighted by molar-refractivity contribution is 5.45. The van der Waals surface area contributed by atoms with E-state index in [0.29, 0.717) is 30.5 Å². The van der Waals surface area contributed by atoms with E-state index in [0.717, 1.165) is 0 Å². The number of aliphatic hydroxyl groups is 4. The number of hydrogen-bond acceptors (Lipinski definition) is 8. The molecule has 23 heavy (non-hydrogen) atoms. The highest BCUT2D eigenvalue weighted by Crippen LogP contribution is 2.32. The lowest BCUT2D eigenvalue weighted by Crippen LogP contribution is -2.22. The standard InChI is InChI=1S/C15H22O8/c16-4-10(18)6-20-12-1-2-14(23-9-13-8-21-13)15(3-12)22-7-11(19)5-17/h1-3,10-11,13,16-19H,4-9H2. The van der Waals surface area contributed by atoms with Crippen LogP contribution in [0, 0.1) is 0 Å². The van der Waals surface area contributed by atoms with Gasteiger partial charge in [0.1, 0.15) is 43.9 Å². The summed E-state index contributed by atoms with van der Waals surface area (Å²) in [5.74, 6) is 1.22. The van der Waals surface area contributed by atoms with Crippen LogP contribution in [-0.2, 0) is 4.74 Å². The van der Waals surface area contributed by atoms with E-state index in [4.69, 9.17) is 29.2 Å². The van der Waals surface area contributed by atoms with Gasteiger partial charge in [0.2, 0.25) is 0 Å². The number of ether oxygens (including phenoxy) is 4. The fraction of sp³-hybridized carbons (Fsp3) is 0.600. The fourth-order valence-corrected chi connectivity index (χ4v) is 1.64. The summed E-state index contributed by atoms with van der Waals surface area (Å²) in [7, 11) is 0. The molecule has 130 valence electrons. The summed E-state index contributed by atoms with van der Waals surface area (Å²) in [6, 6.07) is 4.84. The van der Waals surface area contributed by atoms with Crippen LogP contribution in [0.2, 0.25) is 0 Å². The van der Waals surface area contributed by atoms with Crippen LogP contribution in [0.25, 0.3) is 0 Å². The summed E-state index contributed by atoms with van der Waals surface area (Å²) in [5, 5.41) is 36.3. The molecule has 0 saturated carbocycles. The molecule has 8 nitrogen and oxygen atoms in total. The van der Waals surface area contributed by atoms with Crippen LogP contribution < -0.4 is 14.2 Å². The summed E-state index contributed by atoms with van der Waals surface area (Å²) in [5.41, 5.74) is 0. The van der Waals surface area contributed by atoms with Gasteiger partial charge in [-0.15, -0.1) is 0 Å². The minimum Gasteiger partial charge on any atom is -0.491 e. The molecule has 1 aromatic rings. The zero-order chi connectivity index (χ0) is 16.7. The predicted molar refractivity (Wildman–Crippen MR) is 78.9 cm³/mol. The Labute approximate surface area is 133 Å². The summed E-state index contributed by atoms with van der Waals surface area (Å²) < 4.78 is 21.5. The molecule has 1 heterocycles. The summed E-state index contributed by atoms with van der Waals surface area (Å²) in [4.78, 5) is 0. The maximum atomic E-state index is 9.39. The maximum Gasteiger partial charge on any atom is 0.165 e. The van der Waals surface area contributed by atoms with E-state index in [1.807, 2.05) is 0 Å². The van der Waals surface area contributed by atoms with Crippen LogP contribution >= 0.6 is 0 Å². The molecule has 1 aliphatic heterocycles. The molecule has 0 aromatic heterocycles. The van der Waals surface area contributed by atoms with Crippen molar-refractivity contribution in [3.05, 3.63) is 18.2 Å². The van der Waals surface area contributed by atoms with E-state index in [2.05, 4.69) is 0 Å². The molecule has 1 aliphatic rings. The lowest BCUT2D eigenvalue weighted by atomic mass is 10.3. The molecule has 8 heteroatoms. The first-order chi connectivity index (χ1) is 11.1. The van der Waals surface area contributed by atoms with Crippen LogP contribution in [0.15, 0.2) is 18.2 Å². The van der Waals surface area contributed by atoms with Crippen LogP contribution in [0.1, 0.15) is 0 Å². The van der Waals surface area contributed by atoms with E-state index in [1.165, 1.54) is 0 Å². The smallest absolute Gasteiger partial charge is 0.165 e. The Balaban J connectivity index is 2.00. The molecule has 3 atom stereocenters. The Bertz CT molecular complexity index is 477. The average molecular weight is 330 g/mol. The Hall–Kier alpha value is -1.58. The minimum atomic E-state index is -1.00. The molecular formula is C15H22O8. The molecule has 0 spiro atoms. The zero-order valence-corrected chi connectivity index (χ0v) is 12.6. The molecule has 1 fully saturated rings. The lowest BCUT2D eigenvalue weighted by molar-refractivity contribution is 0.0503. The van der Waals surface area contributed by atoms with Gasteiger partial charge in [-0.05, 0) is 12.1 Å². The van der Waals surface area contributed by atoms with Crippen molar-refractivity contribution in [1.82, 2.24) is 0 Å². The maximum absolute atomic E-state index is 9.39. The molecule has 1 aromatic carbocycles. The second-order valence-corrected chi connectivity index (χ2v) is 5.17. The van der Waals surface area contributed by atoms with Gasteiger partial charge in [-0.1, -0.05) is 0 Å². The Kier molecular flexibility index (Phi) is 6.87. The second-order valence-electron chi connectivity index (χ2n) is 5.17. The molecule has 2 rings (SSSR count). The third-order valence-electron chi connectivity index (χ3n) is 3.04. The molecule has 0 radical (unpaired) electrons. The van der Waals surface area contributed by atoms with Gasteiger partial charge in [0.15, 0.2) is 11.5 Å². The second kappa shape index (κ2) is 8.90. The molecule has 4 N–H and O–H groups in total. The number of aliphatic hydroxyl groups excluding tert-OH is 4. The number of hydrogen-bond donors (Lipinski definition) is 4. The third kappa shape index (κ3) is 6.20. The lowest BCUT2D eigenvalue weighted by Gasteiger charge is -2.16. The van der Waals surface area contributed by atoms with Crippen molar-refractivity contribution in [1.29, 1.82) is 0 Å². The van der Waals surface area contributed by atoms with Crippen molar-refractivity contribution in [2.75, 3.05) is 39.6 Å². The van der Waals surface area contributed by atoms with Crippen LogP contribution in [0.3, 0.4) is 0 Å². The zero-order valence-electron chi connectivity index (χ0n) is 12.6. The van der Waals surface area contributed by atoms with Crippen LogP contribution in [0.5, 0.6) is 17.2 Å². The van der Waals surface area contributed by atoms with Crippen molar-refractivity contribution >= 4 is 0 Å². The van der Waals surface area contributed by atoms with Crippen molar-refractivity contribution in [3.63, 3.8) is 0 Å². The van der Waals surface area contributed by atoms with Gasteiger partial charge in [-0.3, -0.25) is 0 Å². The van der Waals surface area contributed by atoms with Gasteiger partial charge >= 0.3 is 0 Å². The molecule has 0 aliphatic carbocycles. The Morgan fingerprint density at radius 1 is 1.00 bits per heavy atom. The first-order valence-corrected chi connectivity index (χ1v) is 7.34. The molecular weight excluding hydrogens is 308 g/mol. The van der Waals surface area contributed by atoms with Crippen LogP contribution in [-0.4, -0.2) is 78.4 Å². The van der Waals surface area contributed by atoms with E-state index in [-0.39, 0.29) is 19.3 Å². The topological polar surface area (TPSA) is 121 Å². The van der Waals surface area contributed by atoms with Gasteiger partial charge in [0, 0.05) is 6.07 Å². The Morgan fingerprint density at radius 3 is 2.26 bits per heavy atom. The van der Waals surface area contributed by atoms with Crippen molar-refractivity contribution in [3.8, 4) is 17.2 Å². The highest BCUT2D eigenvalue weighted by Gasteiger charge is 2.24. The number of epoxide rings is 1. The minimum absolute atomic E-state index is 0.0642. The molecule has 0 bridgehead atoms. The van der Waals surface area contributed by atoms with Gasteiger partial charge in [-0.2, -0.15) is 0 Å². The summed E-state index contributed by atoms with van der Waals surface area (Å²) in [6.07, 6.45) is -1.89. The van der Waals surface area contributed by atoms with E-state index in [1.54, 1.807) is 18.2 Å². The van der Waals surface area contributed by atoms with Crippen molar-refractivity contribution in [2.45, 2.75) is 18.3 Å². The van der Waals surface area contributed by atoms with Gasteiger partial charge in [0.25, 0.3) is 0 Å². The summed E-state index contributed by atoms with van der Waals surface area (Å²) >= 11 is 0. The first-order valence-electron chi connectivity index (χ1n) is 7.34. The highest BCUT2D eigenvalue weighted by atomic mass is 16.6. The third-order valence-corrected chi connectivity index (χ3v) is 3.04. The van der Waals surface area contributed by atoms with Gasteiger partial charge in [-0.25, -0.2) is 0 Å². The molecule has 0 amide bonds. The largest absolute Gasteiger partial charge is 0.491 e. The molecule has 3 unspecified atom stereocenters. The van der Waals surface area contributed by atoms with E-state index in [9.17, 15) is 10.2 Å². The predicted octanol–water partition coefficient (Wildman–Crippen LogP) is -1.07. The quantitative estimate of drug-likeness (QED) is 0.378. The van der Waals surface area contributed by atoms with Crippen molar-refractivity contribution < 1.29 is 39.4 Å². The monoisotopic (exact) mass is 330 g/mol. The van der Waals surface area contributed by atoms with Gasteiger partial charge < -0.3 is 39.4 Å². The summed E-state index contributed by atoms with van der Waals surface area (Å²) in [6.45, 7) is 0.0858. The Morgan fingerprint density at radius 2 is 1.65 bits per heavy atom. The average Bonchev–Trinajstić information content (AvgIpc) is 3.40. The molecule has 1 saturated heterocycles. The van der Waals surface area contributed by atoms with Crippen LogP contribution in [0.4, 0.5) is 0 Å². The normalized spacial score (nSPS) is 19.0. The fourth-order valence-electron chi connectivity index (χ4n) is 1.64. The van der Waals surface area contributed by atoms with Crippen molar-refractivity contribution in [2.24, 2.45) is 0 Å². The SMILES string of the molecule is OCC(O)COc1ccc(OCC2CO2)c(OCC(O)CO)c1. The van der Waals surface area contributed by atoms with E-state index < -0.39 is 25.4 Å². The van der Waals surface area contributed by atoms with E-state index >= 15 is 0 Å². The van der Waals surface area contributed by atoms with Gasteiger partial charge in [0.05, 0.1) is 19.8 Å². The number of benzene rings is 1. The number of rotatable bonds is 11.